The van der Waals surface area contributed by atoms with E-state index in [1.807, 2.05) is 25.4 Å². The van der Waals surface area contributed by atoms with E-state index in [2.05, 4.69) is 41.6 Å². The predicted octanol–water partition coefficient (Wildman–Crippen LogP) is 3.53. The third-order valence-electron chi connectivity index (χ3n) is 3.61. The van der Waals surface area contributed by atoms with Crippen LogP contribution < -0.4 is 5.73 Å². The molecule has 3 rings (SSSR count). The molecular weight excluding hydrogens is 234 g/mol. The average Bonchev–Trinajstić information content (AvgIpc) is 2.73. The van der Waals surface area contributed by atoms with Crippen molar-refractivity contribution in [3.63, 3.8) is 0 Å². The summed E-state index contributed by atoms with van der Waals surface area (Å²) in [6.45, 7) is 6.26. The molecule has 0 fully saturated rings. The number of hydrogen-bond donors (Lipinski definition) is 1. The number of anilines is 1. The summed E-state index contributed by atoms with van der Waals surface area (Å²) < 4.78 is 2.05. The monoisotopic (exact) mass is 251 g/mol. The third kappa shape index (κ3) is 1.87. The normalized spacial score (nSPS) is 11.1. The minimum absolute atomic E-state index is 0.775. The van der Waals surface area contributed by atoms with Crippen LogP contribution in [0.25, 0.3) is 16.7 Å². The van der Waals surface area contributed by atoms with Crippen LogP contribution in [0, 0.1) is 20.8 Å². The largest absolute Gasteiger partial charge is 0.397 e. The number of fused-ring (bicyclic) bond motifs is 1. The summed E-state index contributed by atoms with van der Waals surface area (Å²) in [5, 5.41) is 0. The fourth-order valence-electron chi connectivity index (χ4n) is 2.35. The first kappa shape index (κ1) is 11.8. The number of aryl methyl sites for hydroxylation is 3. The molecule has 0 radical (unpaired) electrons. The molecule has 3 nitrogen and oxygen atoms in total. The molecule has 0 saturated carbocycles. The van der Waals surface area contributed by atoms with Crippen LogP contribution >= 0.6 is 0 Å². The van der Waals surface area contributed by atoms with E-state index in [0.717, 1.165) is 28.0 Å². The van der Waals surface area contributed by atoms with Crippen molar-refractivity contribution in [2.45, 2.75) is 20.8 Å². The molecule has 0 atom stereocenters. The van der Waals surface area contributed by atoms with Crippen molar-refractivity contribution in [2.75, 3.05) is 5.73 Å². The van der Waals surface area contributed by atoms with Crippen molar-refractivity contribution in [2.24, 2.45) is 0 Å². The minimum atomic E-state index is 0.775. The average molecular weight is 251 g/mol. The first-order valence-corrected chi connectivity index (χ1v) is 6.37. The number of nitrogens with zero attached hydrogens (tertiary/aromatic N) is 2. The maximum atomic E-state index is 6.12. The highest BCUT2D eigenvalue weighted by molar-refractivity contribution is 5.80. The molecule has 0 saturated heterocycles. The molecule has 19 heavy (non-hydrogen) atoms. The van der Waals surface area contributed by atoms with Crippen molar-refractivity contribution < 1.29 is 0 Å². The van der Waals surface area contributed by atoms with Crippen LogP contribution in [0.5, 0.6) is 0 Å². The number of nitrogens with two attached hydrogens (primary N) is 1. The van der Waals surface area contributed by atoms with Crippen molar-refractivity contribution in [3.05, 3.63) is 53.3 Å². The Morgan fingerprint density at radius 2 is 1.74 bits per heavy atom. The summed E-state index contributed by atoms with van der Waals surface area (Å²) in [6.07, 6.45) is 1.84. The van der Waals surface area contributed by atoms with Gasteiger partial charge in [-0.05, 0) is 61.7 Å². The Kier molecular flexibility index (Phi) is 2.56. The summed E-state index contributed by atoms with van der Waals surface area (Å²) in [5.41, 5.74) is 13.7. The number of aromatic nitrogens is 2. The lowest BCUT2D eigenvalue weighted by molar-refractivity contribution is 1.09. The van der Waals surface area contributed by atoms with Crippen LogP contribution in [-0.2, 0) is 0 Å². The number of imidazole rings is 1. The fourth-order valence-corrected chi connectivity index (χ4v) is 2.35. The zero-order valence-electron chi connectivity index (χ0n) is 11.4. The molecule has 0 aliphatic carbocycles. The molecule has 0 aliphatic rings. The molecule has 3 heteroatoms. The van der Waals surface area contributed by atoms with Crippen molar-refractivity contribution in [1.82, 2.24) is 9.55 Å². The predicted molar refractivity (Wildman–Crippen MR) is 79.7 cm³/mol. The van der Waals surface area contributed by atoms with E-state index >= 15 is 0 Å². The Labute approximate surface area is 112 Å². The molecule has 0 unspecified atom stereocenters. The maximum absolute atomic E-state index is 6.12. The highest BCUT2D eigenvalue weighted by Gasteiger charge is 2.08. The van der Waals surface area contributed by atoms with Crippen LogP contribution in [0.3, 0.4) is 0 Å². The summed E-state index contributed by atoms with van der Waals surface area (Å²) >= 11 is 0. The Hall–Kier alpha value is -2.29. The number of rotatable bonds is 1. The summed E-state index contributed by atoms with van der Waals surface area (Å²) in [5.74, 6) is 0. The molecule has 1 heterocycles. The van der Waals surface area contributed by atoms with Gasteiger partial charge in [0.1, 0.15) is 6.33 Å². The van der Waals surface area contributed by atoms with Crippen LogP contribution in [0.15, 0.2) is 36.7 Å². The van der Waals surface area contributed by atoms with E-state index in [4.69, 9.17) is 5.73 Å². The second-order valence-corrected chi connectivity index (χ2v) is 5.10. The third-order valence-corrected chi connectivity index (χ3v) is 3.61. The standard InChI is InChI=1S/C16H17N3/c1-10-4-5-15(13(17)6-10)19-9-18-14-7-11(2)12(3)8-16(14)19/h4-9H,17H2,1-3H3. The second kappa shape index (κ2) is 4.12. The number of benzene rings is 2. The van der Waals surface area contributed by atoms with Gasteiger partial charge in [-0.1, -0.05) is 6.07 Å². The van der Waals surface area contributed by atoms with Gasteiger partial charge in [-0.15, -0.1) is 0 Å². The van der Waals surface area contributed by atoms with Crippen molar-refractivity contribution in [1.29, 1.82) is 0 Å². The van der Waals surface area contributed by atoms with Gasteiger partial charge >= 0.3 is 0 Å². The Morgan fingerprint density at radius 1 is 1.00 bits per heavy atom. The second-order valence-electron chi connectivity index (χ2n) is 5.10. The van der Waals surface area contributed by atoms with Gasteiger partial charge in [-0.25, -0.2) is 4.98 Å². The Morgan fingerprint density at radius 3 is 2.47 bits per heavy atom. The smallest absolute Gasteiger partial charge is 0.100 e. The molecule has 0 amide bonds. The van der Waals surface area contributed by atoms with Gasteiger partial charge in [0, 0.05) is 0 Å². The molecule has 2 N–H and O–H groups in total. The molecule has 3 aromatic rings. The molecular formula is C16H17N3. The quantitative estimate of drug-likeness (QED) is 0.672. The molecule has 2 aromatic carbocycles. The topological polar surface area (TPSA) is 43.8 Å². The Bertz CT molecular complexity index is 769. The van der Waals surface area contributed by atoms with E-state index < -0.39 is 0 Å². The van der Waals surface area contributed by atoms with Gasteiger partial charge in [0.25, 0.3) is 0 Å². The summed E-state index contributed by atoms with van der Waals surface area (Å²) in [4.78, 5) is 4.47. The molecule has 96 valence electrons. The first-order valence-electron chi connectivity index (χ1n) is 6.37. The number of nitrogen functional groups attached to an aromatic ring is 1. The van der Waals surface area contributed by atoms with Gasteiger partial charge in [0.05, 0.1) is 22.4 Å². The number of hydrogen-bond acceptors (Lipinski definition) is 2. The highest BCUT2D eigenvalue weighted by Crippen LogP contribution is 2.25. The summed E-state index contributed by atoms with van der Waals surface area (Å²) in [7, 11) is 0. The molecule has 0 bridgehead atoms. The zero-order valence-corrected chi connectivity index (χ0v) is 11.4. The van der Waals surface area contributed by atoms with Gasteiger partial charge < -0.3 is 5.73 Å². The van der Waals surface area contributed by atoms with Gasteiger partial charge in [0.15, 0.2) is 0 Å². The highest BCUT2D eigenvalue weighted by atomic mass is 15.1. The lowest BCUT2D eigenvalue weighted by atomic mass is 10.1. The van der Waals surface area contributed by atoms with E-state index in [1.165, 1.54) is 11.1 Å². The Balaban J connectivity index is 2.28. The first-order chi connectivity index (χ1) is 9.06. The maximum Gasteiger partial charge on any atom is 0.100 e. The summed E-state index contributed by atoms with van der Waals surface area (Å²) in [6, 6.07) is 10.4. The van der Waals surface area contributed by atoms with E-state index in [0.29, 0.717) is 0 Å². The van der Waals surface area contributed by atoms with Gasteiger partial charge in [-0.3, -0.25) is 4.57 Å². The van der Waals surface area contributed by atoms with E-state index in [9.17, 15) is 0 Å². The molecule has 0 spiro atoms. The van der Waals surface area contributed by atoms with Gasteiger partial charge in [0.2, 0.25) is 0 Å². The lowest BCUT2D eigenvalue weighted by Crippen LogP contribution is -1.99. The fraction of sp³-hybridized carbons (Fsp3) is 0.188. The molecule has 1 aromatic heterocycles. The van der Waals surface area contributed by atoms with Crippen molar-refractivity contribution in [3.8, 4) is 5.69 Å². The zero-order chi connectivity index (χ0) is 13.6. The van der Waals surface area contributed by atoms with Crippen LogP contribution in [0.4, 0.5) is 5.69 Å². The van der Waals surface area contributed by atoms with Crippen LogP contribution in [-0.4, -0.2) is 9.55 Å². The van der Waals surface area contributed by atoms with Crippen LogP contribution in [0.1, 0.15) is 16.7 Å². The SMILES string of the molecule is Cc1ccc(-n2cnc3cc(C)c(C)cc32)c(N)c1. The van der Waals surface area contributed by atoms with Crippen LogP contribution in [0.2, 0.25) is 0 Å². The lowest BCUT2D eigenvalue weighted by Gasteiger charge is -2.09. The minimum Gasteiger partial charge on any atom is -0.397 e. The van der Waals surface area contributed by atoms with Gasteiger partial charge in [-0.2, -0.15) is 0 Å². The van der Waals surface area contributed by atoms with E-state index in [-0.39, 0.29) is 0 Å². The van der Waals surface area contributed by atoms with Crippen molar-refractivity contribution >= 4 is 16.7 Å². The molecule has 0 aliphatic heterocycles. The van der Waals surface area contributed by atoms with E-state index in [1.54, 1.807) is 0 Å².